The van der Waals surface area contributed by atoms with E-state index in [0.29, 0.717) is 24.0 Å². The van der Waals surface area contributed by atoms with Crippen LogP contribution in [0, 0.1) is 0 Å². The van der Waals surface area contributed by atoms with Crippen molar-refractivity contribution in [3.63, 3.8) is 0 Å². The van der Waals surface area contributed by atoms with Crippen molar-refractivity contribution in [3.8, 4) is 23.0 Å². The molecule has 0 aliphatic rings. The number of esters is 2. The van der Waals surface area contributed by atoms with E-state index in [2.05, 4.69) is 9.98 Å². The van der Waals surface area contributed by atoms with Crippen LogP contribution in [0.5, 0.6) is 23.0 Å². The fourth-order valence-electron chi connectivity index (χ4n) is 3.91. The minimum atomic E-state index is -0.714. The Labute approximate surface area is 271 Å². The van der Waals surface area contributed by atoms with Crippen molar-refractivity contribution in [2.24, 2.45) is 9.98 Å². The zero-order chi connectivity index (χ0) is 31.9. The van der Waals surface area contributed by atoms with Gasteiger partial charge in [0, 0.05) is 53.2 Å². The summed E-state index contributed by atoms with van der Waals surface area (Å²) in [5, 5.41) is 38.0. The van der Waals surface area contributed by atoms with E-state index < -0.39 is 24.0 Å². The molecule has 4 rings (SSSR count). The van der Waals surface area contributed by atoms with Gasteiger partial charge in [-0.15, -0.1) is 0 Å². The Balaban J connectivity index is 0.000000307. The Bertz CT molecular complexity index is 1460. The molecule has 0 spiro atoms. The second kappa shape index (κ2) is 18.5. The second-order valence-corrected chi connectivity index (χ2v) is 9.49. The Morgan fingerprint density at radius 1 is 0.600 bits per heavy atom. The summed E-state index contributed by atoms with van der Waals surface area (Å²) >= 11 is 0. The topological polar surface area (TPSA) is 158 Å². The number of para-hydroxylation sites is 2. The summed E-state index contributed by atoms with van der Waals surface area (Å²) in [7, 11) is 2.61. The van der Waals surface area contributed by atoms with Crippen molar-refractivity contribution in [2.75, 3.05) is 14.2 Å². The van der Waals surface area contributed by atoms with Crippen molar-refractivity contribution in [3.05, 3.63) is 119 Å². The van der Waals surface area contributed by atoms with Crippen LogP contribution in [-0.4, -0.2) is 71.1 Å². The minimum Gasteiger partial charge on any atom is -0.508 e. The Morgan fingerprint density at radius 2 is 0.933 bits per heavy atom. The van der Waals surface area contributed by atoms with Crippen molar-refractivity contribution in [1.29, 1.82) is 0 Å². The predicted molar refractivity (Wildman–Crippen MR) is 167 cm³/mol. The molecule has 2 atom stereocenters. The van der Waals surface area contributed by atoms with Gasteiger partial charge in [-0.25, -0.2) is 9.59 Å². The van der Waals surface area contributed by atoms with Gasteiger partial charge in [0.25, 0.3) is 0 Å². The van der Waals surface area contributed by atoms with Gasteiger partial charge in [-0.1, -0.05) is 48.5 Å². The molecule has 237 valence electrons. The van der Waals surface area contributed by atoms with Crippen molar-refractivity contribution in [2.45, 2.75) is 24.9 Å². The molecule has 0 fully saturated rings. The number of hydrogen-bond acceptors (Lipinski definition) is 10. The van der Waals surface area contributed by atoms with Crippen molar-refractivity contribution in [1.82, 2.24) is 0 Å². The molecule has 0 aromatic heterocycles. The zero-order valence-electron chi connectivity index (χ0n) is 24.6. The fraction of sp³-hybridized carbons (Fsp3) is 0.176. The third-order valence-electron chi connectivity index (χ3n) is 6.34. The SMILES string of the molecule is COC(=O)[C@H](Cc1ccc(O)cc1)N=Cc1ccccc1O.COC(=O)[C@H](Cc1ccc(O)cc1)N=Cc1ccccc1O.[Co]. The number of nitrogens with zero attached hydrogens (tertiary/aromatic N) is 2. The summed E-state index contributed by atoms with van der Waals surface area (Å²) < 4.78 is 9.52. The molecule has 4 N–H and O–H groups in total. The number of benzene rings is 4. The van der Waals surface area contributed by atoms with Crippen LogP contribution in [0.4, 0.5) is 0 Å². The molecular formula is C34H34CoN2O8. The van der Waals surface area contributed by atoms with Gasteiger partial charge in [0.1, 0.15) is 23.0 Å². The average molecular weight is 658 g/mol. The fourth-order valence-corrected chi connectivity index (χ4v) is 3.91. The van der Waals surface area contributed by atoms with E-state index in [0.717, 1.165) is 11.1 Å². The van der Waals surface area contributed by atoms with Gasteiger partial charge < -0.3 is 29.9 Å². The van der Waals surface area contributed by atoms with Crippen LogP contribution in [-0.2, 0) is 48.7 Å². The summed E-state index contributed by atoms with van der Waals surface area (Å²) in [6.45, 7) is 0. The molecule has 0 heterocycles. The second-order valence-electron chi connectivity index (χ2n) is 9.49. The van der Waals surface area contributed by atoms with Gasteiger partial charge >= 0.3 is 11.9 Å². The zero-order valence-corrected chi connectivity index (χ0v) is 25.7. The van der Waals surface area contributed by atoms with E-state index >= 15 is 0 Å². The number of methoxy groups -OCH3 is 2. The number of phenolic OH excluding ortho intramolecular Hbond substituents is 4. The number of hydrogen-bond donors (Lipinski definition) is 4. The summed E-state index contributed by atoms with van der Waals surface area (Å²) in [6.07, 6.45) is 3.60. The first-order valence-electron chi connectivity index (χ1n) is 13.5. The average Bonchev–Trinajstić information content (AvgIpc) is 3.04. The first-order chi connectivity index (χ1) is 21.2. The maximum atomic E-state index is 11.8. The van der Waals surface area contributed by atoms with Gasteiger partial charge in [0.15, 0.2) is 12.1 Å². The molecule has 10 nitrogen and oxygen atoms in total. The molecule has 0 bridgehead atoms. The number of rotatable bonds is 10. The number of aliphatic imine (C=N–C) groups is 2. The maximum absolute atomic E-state index is 11.8. The maximum Gasteiger partial charge on any atom is 0.330 e. The molecule has 11 heteroatoms. The molecule has 4 aromatic carbocycles. The monoisotopic (exact) mass is 657 g/mol. The van der Waals surface area contributed by atoms with Crippen molar-refractivity contribution >= 4 is 24.4 Å². The van der Waals surface area contributed by atoms with Crippen LogP contribution in [0.1, 0.15) is 22.3 Å². The molecule has 0 saturated carbocycles. The van der Waals surface area contributed by atoms with Crippen LogP contribution >= 0.6 is 0 Å². The van der Waals surface area contributed by atoms with Gasteiger partial charge in [-0.05, 0) is 59.7 Å². The quantitative estimate of drug-likeness (QED) is 0.142. The van der Waals surface area contributed by atoms with E-state index in [4.69, 9.17) is 9.47 Å². The number of aromatic hydroxyl groups is 4. The third-order valence-corrected chi connectivity index (χ3v) is 6.34. The molecule has 45 heavy (non-hydrogen) atoms. The summed E-state index contributed by atoms with van der Waals surface area (Å²) in [5.74, 6) is -0.398. The van der Waals surface area contributed by atoms with Gasteiger partial charge in [-0.3, -0.25) is 9.98 Å². The van der Waals surface area contributed by atoms with E-state index in [1.807, 2.05) is 0 Å². The number of carbonyl (C=O) groups is 2. The largest absolute Gasteiger partial charge is 0.508 e. The smallest absolute Gasteiger partial charge is 0.330 e. The molecule has 1 radical (unpaired) electrons. The van der Waals surface area contributed by atoms with E-state index in [-0.39, 0.29) is 39.8 Å². The molecule has 0 aliphatic heterocycles. The van der Waals surface area contributed by atoms with Gasteiger partial charge in [-0.2, -0.15) is 0 Å². The normalized spacial score (nSPS) is 12.0. The van der Waals surface area contributed by atoms with E-state index in [1.165, 1.54) is 26.6 Å². The summed E-state index contributed by atoms with van der Waals surface area (Å²) in [4.78, 5) is 32.1. The van der Waals surface area contributed by atoms with Crippen molar-refractivity contribution < 1.29 is 56.3 Å². The van der Waals surface area contributed by atoms with Crippen LogP contribution < -0.4 is 0 Å². The Morgan fingerprint density at radius 3 is 1.24 bits per heavy atom. The number of phenols is 4. The predicted octanol–water partition coefficient (Wildman–Crippen LogP) is 4.60. The molecule has 0 saturated heterocycles. The van der Waals surface area contributed by atoms with Crippen LogP contribution in [0.15, 0.2) is 107 Å². The van der Waals surface area contributed by atoms with Crippen LogP contribution in [0.25, 0.3) is 0 Å². The standard InChI is InChI=1S/2C17H17NO4.Co/c2*1-22-17(21)15(10-12-6-8-14(19)9-7-12)18-11-13-4-2-3-5-16(13)20;/h2*2-9,11,15,19-20H,10H2,1H3;/t2*15-;/m00./s1. The third kappa shape index (κ3) is 11.8. The first kappa shape index (κ1) is 36.1. The van der Waals surface area contributed by atoms with E-state index in [9.17, 15) is 30.0 Å². The molecule has 0 aliphatic carbocycles. The summed E-state index contributed by atoms with van der Waals surface area (Å²) in [6, 6.07) is 25.1. The molecule has 0 unspecified atom stereocenters. The molecule has 4 aromatic rings. The van der Waals surface area contributed by atoms with Crippen LogP contribution in [0.3, 0.4) is 0 Å². The van der Waals surface area contributed by atoms with Gasteiger partial charge in [0.2, 0.25) is 0 Å². The minimum absolute atomic E-state index is 0. The van der Waals surface area contributed by atoms with Gasteiger partial charge in [0.05, 0.1) is 14.2 Å². The Hall–Kier alpha value is -5.13. The summed E-state index contributed by atoms with van der Waals surface area (Å²) in [5.41, 5.74) is 2.76. The number of carbonyl (C=O) groups excluding carboxylic acids is 2. The molecular weight excluding hydrogens is 623 g/mol. The van der Waals surface area contributed by atoms with Crippen LogP contribution in [0.2, 0.25) is 0 Å². The molecule has 0 amide bonds. The number of ether oxygens (including phenoxy) is 2. The first-order valence-corrected chi connectivity index (χ1v) is 13.5. The van der Waals surface area contributed by atoms with E-state index in [1.54, 1.807) is 97.1 Å². The Kier molecular flexibility index (Phi) is 14.8.